The molecule has 4 nitrogen and oxygen atoms in total. The molecular formula is C10H10F2N2O2. The molecule has 1 aromatic carbocycles. The van der Waals surface area contributed by atoms with E-state index in [1.165, 1.54) is 0 Å². The van der Waals surface area contributed by atoms with E-state index in [0.717, 1.165) is 12.1 Å². The van der Waals surface area contributed by atoms with Crippen LogP contribution >= 0.6 is 0 Å². The summed E-state index contributed by atoms with van der Waals surface area (Å²) >= 11 is 0. The van der Waals surface area contributed by atoms with Crippen LogP contribution in [-0.2, 0) is 0 Å². The maximum absolute atomic E-state index is 13.4. The summed E-state index contributed by atoms with van der Waals surface area (Å²) in [5.74, 6) is -2.14. The van der Waals surface area contributed by atoms with Gasteiger partial charge in [-0.25, -0.2) is 8.78 Å². The smallest absolute Gasteiger partial charge is 0.154 e. The topological polar surface area (TPSA) is 90.3 Å². The van der Waals surface area contributed by atoms with Gasteiger partial charge in [0.15, 0.2) is 5.82 Å². The highest BCUT2D eigenvalue weighted by atomic mass is 19.1. The number of nitrogens with zero attached hydrogens (tertiary/aromatic N) is 1. The number of aliphatic hydroxyl groups excluding tert-OH is 2. The first-order valence-corrected chi connectivity index (χ1v) is 4.45. The normalized spacial score (nSPS) is 14.2. The van der Waals surface area contributed by atoms with Crippen molar-refractivity contribution in [1.29, 1.82) is 5.26 Å². The molecule has 0 saturated heterocycles. The van der Waals surface area contributed by atoms with Crippen molar-refractivity contribution in [3.8, 4) is 6.07 Å². The summed E-state index contributed by atoms with van der Waals surface area (Å²) in [6.07, 6.45) is -3.81. The molecule has 0 fully saturated rings. The molecule has 0 aliphatic carbocycles. The van der Waals surface area contributed by atoms with Crippen molar-refractivity contribution in [3.05, 3.63) is 29.3 Å². The van der Waals surface area contributed by atoms with E-state index >= 15 is 0 Å². The molecule has 0 amide bonds. The van der Waals surface area contributed by atoms with Crippen molar-refractivity contribution < 1.29 is 19.0 Å². The lowest BCUT2D eigenvalue weighted by molar-refractivity contribution is 0.0173. The van der Waals surface area contributed by atoms with Gasteiger partial charge in [0.2, 0.25) is 0 Å². The summed E-state index contributed by atoms with van der Waals surface area (Å²) in [7, 11) is 0. The Hall–Kier alpha value is -1.71. The first-order chi connectivity index (χ1) is 7.49. The van der Waals surface area contributed by atoms with Gasteiger partial charge in [-0.15, -0.1) is 0 Å². The molecule has 0 radical (unpaired) electrons. The van der Waals surface area contributed by atoms with Crippen LogP contribution in [0.1, 0.15) is 18.1 Å². The number of anilines is 1. The minimum absolute atomic E-state index is 0.334. The minimum atomic E-state index is -1.82. The molecule has 1 aromatic rings. The Bertz CT molecular complexity index is 432. The maximum Gasteiger partial charge on any atom is 0.154 e. The molecule has 4 N–H and O–H groups in total. The average Bonchev–Trinajstić information content (AvgIpc) is 2.24. The lowest BCUT2D eigenvalue weighted by atomic mass is 10.0. The molecule has 0 aromatic heterocycles. The van der Waals surface area contributed by atoms with Crippen molar-refractivity contribution >= 4 is 5.69 Å². The van der Waals surface area contributed by atoms with Crippen molar-refractivity contribution in [2.24, 2.45) is 0 Å². The fraction of sp³-hybridized carbons (Fsp3) is 0.300. The number of hydrogen-bond acceptors (Lipinski definition) is 4. The zero-order chi connectivity index (χ0) is 12.3. The van der Waals surface area contributed by atoms with Gasteiger partial charge >= 0.3 is 0 Å². The average molecular weight is 228 g/mol. The highest BCUT2D eigenvalue weighted by Gasteiger charge is 2.26. The second kappa shape index (κ2) is 4.88. The van der Waals surface area contributed by atoms with Gasteiger partial charge in [0, 0.05) is 0 Å². The minimum Gasteiger partial charge on any atom is -0.396 e. The number of nitriles is 1. The summed E-state index contributed by atoms with van der Waals surface area (Å²) < 4.78 is 26.6. The van der Waals surface area contributed by atoms with Crippen LogP contribution in [0.2, 0.25) is 0 Å². The van der Waals surface area contributed by atoms with E-state index < -0.39 is 35.8 Å². The van der Waals surface area contributed by atoms with Crippen molar-refractivity contribution in [2.45, 2.75) is 18.6 Å². The Morgan fingerprint density at radius 3 is 2.56 bits per heavy atom. The van der Waals surface area contributed by atoms with Crippen molar-refractivity contribution in [2.75, 3.05) is 5.73 Å². The monoisotopic (exact) mass is 228 g/mol. The number of aliphatic hydroxyl groups is 2. The van der Waals surface area contributed by atoms with Gasteiger partial charge in [-0.05, 0) is 12.1 Å². The van der Waals surface area contributed by atoms with Gasteiger partial charge in [-0.3, -0.25) is 0 Å². The van der Waals surface area contributed by atoms with E-state index in [9.17, 15) is 19.0 Å². The van der Waals surface area contributed by atoms with E-state index in [4.69, 9.17) is 11.0 Å². The Morgan fingerprint density at radius 2 is 2.00 bits per heavy atom. The van der Waals surface area contributed by atoms with Crippen LogP contribution in [0.25, 0.3) is 0 Å². The largest absolute Gasteiger partial charge is 0.396 e. The number of hydrogen-bond donors (Lipinski definition) is 3. The molecule has 86 valence electrons. The molecule has 0 spiro atoms. The van der Waals surface area contributed by atoms with Gasteiger partial charge < -0.3 is 15.9 Å². The van der Waals surface area contributed by atoms with Crippen LogP contribution in [0.4, 0.5) is 14.5 Å². The highest BCUT2D eigenvalue weighted by molar-refractivity contribution is 5.44. The Labute approximate surface area is 90.5 Å². The van der Waals surface area contributed by atoms with Gasteiger partial charge in [0.05, 0.1) is 29.8 Å². The Kier molecular flexibility index (Phi) is 3.77. The van der Waals surface area contributed by atoms with Gasteiger partial charge in [-0.1, -0.05) is 0 Å². The predicted molar refractivity (Wildman–Crippen MR) is 52.0 cm³/mol. The SMILES string of the molecule is N#CCC(O)C(O)c1c(F)ccc(N)c1F. The molecule has 6 heteroatoms. The third-order valence-corrected chi connectivity index (χ3v) is 2.12. The molecular weight excluding hydrogens is 218 g/mol. The third-order valence-electron chi connectivity index (χ3n) is 2.12. The van der Waals surface area contributed by atoms with E-state index in [2.05, 4.69) is 0 Å². The quantitative estimate of drug-likeness (QED) is 0.669. The number of nitrogens with two attached hydrogens (primary N) is 1. The van der Waals surface area contributed by atoms with Crippen LogP contribution < -0.4 is 5.73 Å². The number of halogens is 2. The molecule has 0 saturated carbocycles. The first kappa shape index (κ1) is 12.4. The zero-order valence-electron chi connectivity index (χ0n) is 8.19. The van der Waals surface area contributed by atoms with Gasteiger partial charge in [0.1, 0.15) is 11.9 Å². The van der Waals surface area contributed by atoms with Crippen molar-refractivity contribution in [1.82, 2.24) is 0 Å². The molecule has 0 bridgehead atoms. The van der Waals surface area contributed by atoms with Crippen LogP contribution in [-0.4, -0.2) is 16.3 Å². The first-order valence-electron chi connectivity index (χ1n) is 4.45. The van der Waals surface area contributed by atoms with Crippen LogP contribution in [0.3, 0.4) is 0 Å². The summed E-state index contributed by atoms with van der Waals surface area (Å²) in [6, 6.07) is 3.48. The maximum atomic E-state index is 13.4. The molecule has 0 aliphatic heterocycles. The summed E-state index contributed by atoms with van der Waals surface area (Å²) in [5.41, 5.74) is 4.15. The lowest BCUT2D eigenvalue weighted by Gasteiger charge is -2.17. The van der Waals surface area contributed by atoms with E-state index in [0.29, 0.717) is 0 Å². The van der Waals surface area contributed by atoms with Gasteiger partial charge in [0.25, 0.3) is 0 Å². The standard InChI is InChI=1S/C10H10F2N2O2/c11-5-1-2-6(14)9(12)8(5)10(16)7(15)3-4-13/h1-2,7,10,15-16H,3,14H2. The molecule has 2 unspecified atom stereocenters. The van der Waals surface area contributed by atoms with E-state index in [-0.39, 0.29) is 5.69 Å². The molecule has 2 atom stereocenters. The lowest BCUT2D eigenvalue weighted by Crippen LogP contribution is -2.20. The number of rotatable bonds is 3. The fourth-order valence-electron chi connectivity index (χ4n) is 1.25. The second-order valence-electron chi connectivity index (χ2n) is 3.24. The fourth-order valence-corrected chi connectivity index (χ4v) is 1.25. The Morgan fingerprint density at radius 1 is 1.38 bits per heavy atom. The van der Waals surface area contributed by atoms with Crippen LogP contribution in [0.5, 0.6) is 0 Å². The highest BCUT2D eigenvalue weighted by Crippen LogP contribution is 2.27. The van der Waals surface area contributed by atoms with Crippen molar-refractivity contribution in [3.63, 3.8) is 0 Å². The zero-order valence-corrected chi connectivity index (χ0v) is 8.19. The number of benzene rings is 1. The Balaban J connectivity index is 3.13. The second-order valence-corrected chi connectivity index (χ2v) is 3.24. The molecule has 16 heavy (non-hydrogen) atoms. The summed E-state index contributed by atoms with van der Waals surface area (Å²) in [4.78, 5) is 0. The van der Waals surface area contributed by atoms with E-state index in [1.54, 1.807) is 6.07 Å². The number of nitrogen functional groups attached to an aromatic ring is 1. The molecule has 0 aliphatic rings. The molecule has 1 rings (SSSR count). The predicted octanol–water partition coefficient (Wildman–Crippen LogP) is 0.855. The van der Waals surface area contributed by atoms with Crippen LogP contribution in [0, 0.1) is 23.0 Å². The summed E-state index contributed by atoms with van der Waals surface area (Å²) in [5, 5.41) is 27.0. The van der Waals surface area contributed by atoms with Gasteiger partial charge in [-0.2, -0.15) is 5.26 Å². The van der Waals surface area contributed by atoms with E-state index in [1.807, 2.05) is 0 Å². The van der Waals surface area contributed by atoms with Crippen LogP contribution in [0.15, 0.2) is 12.1 Å². The third kappa shape index (κ3) is 2.27. The summed E-state index contributed by atoms with van der Waals surface area (Å²) in [6.45, 7) is 0. The molecule has 0 heterocycles.